The molecule has 5 heteroatoms. The molecule has 64 heavy (non-hydrogen) atoms. The molecule has 0 radical (unpaired) electrons. The van der Waals surface area contributed by atoms with Gasteiger partial charge in [0, 0.05) is 39.5 Å². The molecule has 350 valence electrons. The number of unbranched alkanes of at least 4 members (excludes halogenated alkanes) is 15. The predicted octanol–water partition coefficient (Wildman–Crippen LogP) is 17.9. The molecule has 0 aliphatic carbocycles. The van der Waals surface area contributed by atoms with Crippen molar-refractivity contribution in [1.29, 1.82) is 0 Å². The summed E-state index contributed by atoms with van der Waals surface area (Å²) in [6.45, 7) is 23.9. The van der Waals surface area contributed by atoms with E-state index in [-0.39, 0.29) is 11.5 Å². The fourth-order valence-electron chi connectivity index (χ4n) is 11.7. The highest BCUT2D eigenvalue weighted by Gasteiger charge is 2.41. The molecule has 3 aromatic heterocycles. The highest BCUT2D eigenvalue weighted by Crippen LogP contribution is 2.50. The van der Waals surface area contributed by atoms with Crippen LogP contribution < -0.4 is 0 Å². The number of allylic oxidation sites excluding steroid dienone is 2. The summed E-state index contributed by atoms with van der Waals surface area (Å²) < 4.78 is 6.82. The van der Waals surface area contributed by atoms with Crippen molar-refractivity contribution < 1.29 is 4.74 Å². The summed E-state index contributed by atoms with van der Waals surface area (Å²) in [4.78, 5) is 19.3. The van der Waals surface area contributed by atoms with Crippen molar-refractivity contribution in [2.45, 2.75) is 235 Å². The topological polar surface area (TPSA) is 66.6 Å². The molecule has 2 aliphatic heterocycles. The van der Waals surface area contributed by atoms with E-state index in [0.717, 1.165) is 81.3 Å². The number of aryl methyl sites for hydroxylation is 4. The molecule has 5 nitrogen and oxygen atoms in total. The molecule has 0 saturated carbocycles. The Morgan fingerprint density at radius 2 is 0.984 bits per heavy atom. The van der Waals surface area contributed by atoms with Crippen molar-refractivity contribution in [2.24, 2.45) is 0 Å². The van der Waals surface area contributed by atoms with Gasteiger partial charge >= 0.3 is 0 Å². The van der Waals surface area contributed by atoms with E-state index in [4.69, 9.17) is 14.7 Å². The van der Waals surface area contributed by atoms with E-state index in [9.17, 15) is 0 Å². The van der Waals surface area contributed by atoms with Crippen LogP contribution in [0.15, 0.2) is 30.3 Å². The molecule has 2 N–H and O–H groups in total. The highest BCUT2D eigenvalue weighted by molar-refractivity contribution is 6.02. The molecule has 0 saturated heterocycles. The largest absolute Gasteiger partial charge is 0.374 e. The first-order valence-corrected chi connectivity index (χ1v) is 26.9. The average Bonchev–Trinajstić information content (AvgIpc) is 4.04. The molecule has 2 aliphatic rings. The molecule has 8 bridgehead atoms. The van der Waals surface area contributed by atoms with E-state index in [1.54, 1.807) is 0 Å². The first-order valence-electron chi connectivity index (χ1n) is 26.9. The Balaban J connectivity index is 1.32. The summed E-state index contributed by atoms with van der Waals surface area (Å²) in [5.74, 6) is 0. The number of nitrogens with zero attached hydrogens (tertiary/aromatic N) is 2. The molecule has 6 rings (SSSR count). The monoisotopic (exact) mass is 869 g/mol. The Morgan fingerprint density at radius 3 is 1.45 bits per heavy atom. The summed E-state index contributed by atoms with van der Waals surface area (Å²) in [7, 11) is 0. The molecule has 0 spiro atoms. The van der Waals surface area contributed by atoms with Crippen molar-refractivity contribution in [1.82, 2.24) is 19.9 Å². The van der Waals surface area contributed by atoms with Crippen LogP contribution in [-0.2, 0) is 35.8 Å². The second-order valence-corrected chi connectivity index (χ2v) is 19.2. The lowest BCUT2D eigenvalue weighted by atomic mass is 9.71. The fourth-order valence-corrected chi connectivity index (χ4v) is 11.7. The molecule has 1 aromatic carbocycles. The van der Waals surface area contributed by atoms with Crippen molar-refractivity contribution in [3.63, 3.8) is 0 Å². The normalized spacial score (nSPS) is 14.2. The van der Waals surface area contributed by atoms with Gasteiger partial charge < -0.3 is 14.7 Å². The van der Waals surface area contributed by atoms with Crippen LogP contribution >= 0.6 is 0 Å². The Hall–Kier alpha value is -3.70. The zero-order valence-corrected chi connectivity index (χ0v) is 42.4. The van der Waals surface area contributed by atoms with Gasteiger partial charge in [0.2, 0.25) is 0 Å². The summed E-state index contributed by atoms with van der Waals surface area (Å²) >= 11 is 0. The van der Waals surface area contributed by atoms with Crippen LogP contribution in [0.3, 0.4) is 0 Å². The molecule has 4 aromatic rings. The first kappa shape index (κ1) is 49.7. The number of aromatic amines is 2. The summed E-state index contributed by atoms with van der Waals surface area (Å²) in [5.41, 5.74) is 20.0. The third kappa shape index (κ3) is 10.6. The van der Waals surface area contributed by atoms with Gasteiger partial charge in [-0.05, 0) is 127 Å². The van der Waals surface area contributed by atoms with E-state index < -0.39 is 0 Å². The summed E-state index contributed by atoms with van der Waals surface area (Å²) in [6.07, 6.45) is 29.7. The average molecular weight is 869 g/mol. The van der Waals surface area contributed by atoms with E-state index >= 15 is 0 Å². The van der Waals surface area contributed by atoms with Crippen LogP contribution in [0.4, 0.5) is 0 Å². The number of hydrogen-bond donors (Lipinski definition) is 2. The van der Waals surface area contributed by atoms with Crippen LogP contribution in [0.25, 0.3) is 44.1 Å². The van der Waals surface area contributed by atoms with Crippen molar-refractivity contribution in [3.05, 3.63) is 80.8 Å². The number of H-pyrrole nitrogens is 2. The summed E-state index contributed by atoms with van der Waals surface area (Å²) in [5, 5.41) is 1.17. The second-order valence-electron chi connectivity index (χ2n) is 19.2. The minimum atomic E-state index is -0.242. The van der Waals surface area contributed by atoms with Crippen LogP contribution in [0.5, 0.6) is 0 Å². The standard InChI is InChI=1S/C59H88N4O/c1-11-20-21-22-23-24-25-26-27-28-29-30-31-32-33-34-37-64-41(10)48-35-36-49-57-47(17-7)46(16-6)53(62-57)39-52-43(13-3)42(12-2)50(60-52)38-51-44(14-4)45(15-5)54(61-51)40-55-59(18-8,19-9)56(48)58(49)63-55/h35-36,38-41,60-61H,11-34,37H2,1-10H3. The first-order chi connectivity index (χ1) is 31.3. The number of ether oxygens (including phenoxy) is 1. The van der Waals surface area contributed by atoms with E-state index in [2.05, 4.69) is 110 Å². The lowest BCUT2D eigenvalue weighted by Gasteiger charge is -2.31. The third-order valence-corrected chi connectivity index (χ3v) is 15.4. The van der Waals surface area contributed by atoms with Crippen molar-refractivity contribution >= 4 is 44.1 Å². The van der Waals surface area contributed by atoms with E-state index in [0.29, 0.717) is 0 Å². The molecule has 5 heterocycles. The Morgan fingerprint density at radius 1 is 0.516 bits per heavy atom. The van der Waals surface area contributed by atoms with E-state index in [1.807, 2.05) is 0 Å². The van der Waals surface area contributed by atoms with Crippen molar-refractivity contribution in [3.8, 4) is 0 Å². The number of fused-ring (bicyclic) bond motifs is 8. The molecule has 0 amide bonds. The van der Waals surface area contributed by atoms with Crippen LogP contribution in [0, 0.1) is 0 Å². The number of benzene rings is 1. The maximum atomic E-state index is 6.82. The smallest absolute Gasteiger partial charge is 0.0800 e. The van der Waals surface area contributed by atoms with Gasteiger partial charge in [-0.2, -0.15) is 0 Å². The van der Waals surface area contributed by atoms with Crippen LogP contribution in [-0.4, -0.2) is 26.5 Å². The third-order valence-electron chi connectivity index (χ3n) is 15.4. The number of hydrogen-bond acceptors (Lipinski definition) is 3. The van der Waals surface area contributed by atoms with E-state index in [1.165, 1.54) is 174 Å². The zero-order valence-electron chi connectivity index (χ0n) is 42.4. The SMILES string of the molecule is CCCCCCCCCCCCCCCCCCOC(C)c1ccc2c3nc(cc4[nH]c(cc5[nH]c(cc6nc2c1C6(CC)CC)c(CC)c5CC)c(CC)c4CC)C(CC)=C3CC. The Labute approximate surface area is 389 Å². The number of aromatic nitrogens is 4. The van der Waals surface area contributed by atoms with Gasteiger partial charge in [0.15, 0.2) is 0 Å². The Kier molecular flexibility index (Phi) is 18.8. The maximum Gasteiger partial charge on any atom is 0.0800 e. The van der Waals surface area contributed by atoms with Gasteiger partial charge in [0.25, 0.3) is 0 Å². The minimum absolute atomic E-state index is 0.0275. The number of nitrogens with one attached hydrogen (secondary N) is 2. The highest BCUT2D eigenvalue weighted by atomic mass is 16.5. The minimum Gasteiger partial charge on any atom is -0.374 e. The van der Waals surface area contributed by atoms with Crippen molar-refractivity contribution in [2.75, 3.05) is 6.61 Å². The fraction of sp³-hybridized carbons (Fsp3) is 0.627. The molecule has 1 unspecified atom stereocenters. The van der Waals surface area contributed by atoms with Gasteiger partial charge in [0.05, 0.1) is 28.7 Å². The van der Waals surface area contributed by atoms with Gasteiger partial charge in [-0.1, -0.05) is 171 Å². The molecular formula is C59H88N4O. The van der Waals surface area contributed by atoms with Gasteiger partial charge in [-0.3, -0.25) is 4.98 Å². The van der Waals surface area contributed by atoms with Crippen LogP contribution in [0.1, 0.15) is 254 Å². The molecule has 1 atom stereocenters. The quantitative estimate of drug-likeness (QED) is 0.0587. The van der Waals surface area contributed by atoms with Gasteiger partial charge in [-0.25, -0.2) is 4.98 Å². The lowest BCUT2D eigenvalue weighted by Crippen LogP contribution is -2.26. The van der Waals surface area contributed by atoms with Crippen LogP contribution in [0.2, 0.25) is 0 Å². The molecular weight excluding hydrogens is 781 g/mol. The summed E-state index contributed by atoms with van der Waals surface area (Å²) in [6, 6.07) is 11.9. The number of rotatable bonds is 27. The van der Waals surface area contributed by atoms with Gasteiger partial charge in [0.1, 0.15) is 0 Å². The molecule has 0 fully saturated rings. The predicted molar refractivity (Wildman–Crippen MR) is 279 cm³/mol. The Bertz CT molecular complexity index is 2330. The zero-order chi connectivity index (χ0) is 45.6. The maximum absolute atomic E-state index is 6.82. The second kappa shape index (κ2) is 24.2. The lowest BCUT2D eigenvalue weighted by molar-refractivity contribution is 0.0616. The van der Waals surface area contributed by atoms with Gasteiger partial charge in [-0.15, -0.1) is 0 Å².